The van der Waals surface area contributed by atoms with E-state index < -0.39 is 4.92 Å². The second kappa shape index (κ2) is 8.72. The Morgan fingerprint density at radius 2 is 1.78 bits per heavy atom. The van der Waals surface area contributed by atoms with Crippen molar-refractivity contribution in [2.24, 2.45) is 0 Å². The second-order valence-corrected chi connectivity index (χ2v) is 4.49. The number of ether oxygens (including phenoxy) is 3. The molecular weight excluding hydrogens is 302 g/mol. The van der Waals surface area contributed by atoms with Crippen molar-refractivity contribution in [3.05, 3.63) is 58.6 Å². The molecule has 2 rings (SSSR count). The lowest BCUT2D eigenvalue weighted by Gasteiger charge is -2.10. The number of rotatable bonds is 9. The SMILES string of the molecule is O=[N+]([O-])c1ccc(Oc2ccccc2)cc1OCCOCCO. The number of aliphatic hydroxyl groups is 1. The summed E-state index contributed by atoms with van der Waals surface area (Å²) in [5.41, 5.74) is -0.146. The normalized spacial score (nSPS) is 10.3. The molecule has 7 heteroatoms. The Hall–Kier alpha value is -2.64. The molecule has 2 aromatic rings. The summed E-state index contributed by atoms with van der Waals surface area (Å²) in [5.74, 6) is 1.17. The molecule has 0 bridgehead atoms. The van der Waals surface area contributed by atoms with Gasteiger partial charge in [-0.2, -0.15) is 0 Å². The van der Waals surface area contributed by atoms with Gasteiger partial charge in [-0.15, -0.1) is 0 Å². The van der Waals surface area contributed by atoms with Gasteiger partial charge in [-0.3, -0.25) is 10.1 Å². The van der Waals surface area contributed by atoms with Gasteiger partial charge < -0.3 is 19.3 Å². The molecule has 0 aliphatic carbocycles. The highest BCUT2D eigenvalue weighted by molar-refractivity contribution is 5.51. The molecule has 0 unspecified atom stereocenters. The van der Waals surface area contributed by atoms with Gasteiger partial charge in [-0.1, -0.05) is 18.2 Å². The lowest BCUT2D eigenvalue weighted by Crippen LogP contribution is -2.10. The van der Waals surface area contributed by atoms with Crippen molar-refractivity contribution in [1.29, 1.82) is 0 Å². The Labute approximate surface area is 133 Å². The lowest BCUT2D eigenvalue weighted by atomic mass is 10.2. The molecule has 0 fully saturated rings. The predicted octanol–water partition coefficient (Wildman–Crippen LogP) is 2.77. The van der Waals surface area contributed by atoms with E-state index in [0.717, 1.165) is 0 Å². The number of para-hydroxylation sites is 1. The number of benzene rings is 2. The molecule has 0 saturated carbocycles. The van der Waals surface area contributed by atoms with Gasteiger partial charge in [0.25, 0.3) is 0 Å². The smallest absolute Gasteiger partial charge is 0.311 e. The average Bonchev–Trinajstić information content (AvgIpc) is 2.55. The number of aliphatic hydroxyl groups excluding tert-OH is 1. The van der Waals surface area contributed by atoms with E-state index in [1.54, 1.807) is 12.1 Å². The Morgan fingerprint density at radius 3 is 2.48 bits per heavy atom. The standard InChI is InChI=1S/C16H17NO6/c18-8-9-21-10-11-22-16-12-14(6-7-15(16)17(19)20)23-13-4-2-1-3-5-13/h1-7,12,18H,8-11H2. The van der Waals surface area contributed by atoms with E-state index >= 15 is 0 Å². The molecule has 7 nitrogen and oxygen atoms in total. The summed E-state index contributed by atoms with van der Waals surface area (Å²) in [6.45, 7) is 0.472. The van der Waals surface area contributed by atoms with Gasteiger partial charge in [0.05, 0.1) is 24.7 Å². The fraction of sp³-hybridized carbons (Fsp3) is 0.250. The minimum absolute atomic E-state index is 0.0828. The summed E-state index contributed by atoms with van der Waals surface area (Å²) >= 11 is 0. The molecule has 0 aromatic heterocycles. The summed E-state index contributed by atoms with van der Waals surface area (Å²) in [6, 6.07) is 13.4. The number of nitrogens with zero attached hydrogens (tertiary/aromatic N) is 1. The van der Waals surface area contributed by atoms with Crippen LogP contribution in [0.1, 0.15) is 0 Å². The Balaban J connectivity index is 2.07. The molecule has 0 aliphatic heterocycles. The van der Waals surface area contributed by atoms with Gasteiger partial charge in [0, 0.05) is 12.1 Å². The van der Waals surface area contributed by atoms with Crippen molar-refractivity contribution in [2.75, 3.05) is 26.4 Å². The monoisotopic (exact) mass is 319 g/mol. The van der Waals surface area contributed by atoms with E-state index in [-0.39, 0.29) is 37.9 Å². The molecule has 0 saturated heterocycles. The first-order valence-corrected chi connectivity index (χ1v) is 7.03. The third-order valence-corrected chi connectivity index (χ3v) is 2.83. The van der Waals surface area contributed by atoms with E-state index in [4.69, 9.17) is 19.3 Å². The van der Waals surface area contributed by atoms with Crippen LogP contribution < -0.4 is 9.47 Å². The fourth-order valence-corrected chi connectivity index (χ4v) is 1.83. The summed E-state index contributed by atoms with van der Waals surface area (Å²) in [5, 5.41) is 19.7. The molecule has 2 aromatic carbocycles. The predicted molar refractivity (Wildman–Crippen MR) is 83.0 cm³/mol. The maximum absolute atomic E-state index is 11.0. The van der Waals surface area contributed by atoms with Crippen LogP contribution >= 0.6 is 0 Å². The number of nitro benzene ring substituents is 1. The van der Waals surface area contributed by atoms with Gasteiger partial charge in [-0.25, -0.2) is 0 Å². The molecule has 0 aliphatic rings. The molecule has 0 amide bonds. The van der Waals surface area contributed by atoms with Crippen molar-refractivity contribution in [3.8, 4) is 17.2 Å². The summed E-state index contributed by atoms with van der Waals surface area (Å²) < 4.78 is 16.1. The van der Waals surface area contributed by atoms with Crippen LogP contribution in [-0.2, 0) is 4.74 Å². The molecule has 122 valence electrons. The maximum atomic E-state index is 11.0. The Morgan fingerprint density at radius 1 is 1.00 bits per heavy atom. The number of nitro groups is 1. The van der Waals surface area contributed by atoms with Gasteiger partial charge in [0.15, 0.2) is 0 Å². The van der Waals surface area contributed by atoms with Crippen LogP contribution in [-0.4, -0.2) is 36.5 Å². The molecule has 0 heterocycles. The van der Waals surface area contributed by atoms with E-state index in [0.29, 0.717) is 11.5 Å². The first-order valence-electron chi connectivity index (χ1n) is 7.03. The van der Waals surface area contributed by atoms with Gasteiger partial charge >= 0.3 is 5.69 Å². The van der Waals surface area contributed by atoms with E-state index in [1.165, 1.54) is 18.2 Å². The van der Waals surface area contributed by atoms with Crippen LogP contribution in [0.3, 0.4) is 0 Å². The molecular formula is C16H17NO6. The zero-order chi connectivity index (χ0) is 16.5. The second-order valence-electron chi connectivity index (χ2n) is 4.49. The van der Waals surface area contributed by atoms with Crippen LogP contribution in [0, 0.1) is 10.1 Å². The zero-order valence-corrected chi connectivity index (χ0v) is 12.4. The average molecular weight is 319 g/mol. The lowest BCUT2D eigenvalue weighted by molar-refractivity contribution is -0.385. The van der Waals surface area contributed by atoms with Crippen LogP contribution in [0.15, 0.2) is 48.5 Å². The fourth-order valence-electron chi connectivity index (χ4n) is 1.83. The van der Waals surface area contributed by atoms with Crippen LogP contribution in [0.25, 0.3) is 0 Å². The molecule has 1 N–H and O–H groups in total. The van der Waals surface area contributed by atoms with E-state index in [9.17, 15) is 10.1 Å². The minimum atomic E-state index is -0.518. The van der Waals surface area contributed by atoms with Gasteiger partial charge in [0.1, 0.15) is 18.1 Å². The number of hydrogen-bond donors (Lipinski definition) is 1. The molecule has 0 atom stereocenters. The quantitative estimate of drug-likeness (QED) is 0.434. The molecule has 23 heavy (non-hydrogen) atoms. The summed E-state index contributed by atoms with van der Waals surface area (Å²) in [4.78, 5) is 10.5. The van der Waals surface area contributed by atoms with Gasteiger partial charge in [0.2, 0.25) is 5.75 Å². The van der Waals surface area contributed by atoms with Crippen molar-refractivity contribution >= 4 is 5.69 Å². The van der Waals surface area contributed by atoms with Crippen molar-refractivity contribution < 1.29 is 24.2 Å². The first kappa shape index (κ1) is 16.7. The van der Waals surface area contributed by atoms with Crippen LogP contribution in [0.2, 0.25) is 0 Å². The Kier molecular flexibility index (Phi) is 6.34. The molecule has 0 spiro atoms. The van der Waals surface area contributed by atoms with Crippen molar-refractivity contribution in [1.82, 2.24) is 0 Å². The van der Waals surface area contributed by atoms with E-state index in [1.807, 2.05) is 18.2 Å². The van der Waals surface area contributed by atoms with Crippen LogP contribution in [0.5, 0.6) is 17.2 Å². The van der Waals surface area contributed by atoms with Crippen molar-refractivity contribution in [2.45, 2.75) is 0 Å². The molecule has 0 radical (unpaired) electrons. The van der Waals surface area contributed by atoms with Gasteiger partial charge in [-0.05, 0) is 18.2 Å². The number of hydrogen-bond acceptors (Lipinski definition) is 6. The highest BCUT2D eigenvalue weighted by atomic mass is 16.6. The summed E-state index contributed by atoms with van der Waals surface area (Å²) in [6.07, 6.45) is 0. The van der Waals surface area contributed by atoms with Crippen molar-refractivity contribution in [3.63, 3.8) is 0 Å². The first-order chi connectivity index (χ1) is 11.2. The zero-order valence-electron chi connectivity index (χ0n) is 12.4. The highest BCUT2D eigenvalue weighted by Gasteiger charge is 2.16. The Bertz CT molecular complexity index is 632. The topological polar surface area (TPSA) is 91.1 Å². The van der Waals surface area contributed by atoms with E-state index in [2.05, 4.69) is 0 Å². The van der Waals surface area contributed by atoms with Crippen LogP contribution in [0.4, 0.5) is 5.69 Å². The largest absolute Gasteiger partial charge is 0.484 e. The minimum Gasteiger partial charge on any atom is -0.484 e. The third-order valence-electron chi connectivity index (χ3n) is 2.83. The maximum Gasteiger partial charge on any atom is 0.311 e. The highest BCUT2D eigenvalue weighted by Crippen LogP contribution is 2.33. The third kappa shape index (κ3) is 5.24. The summed E-state index contributed by atoms with van der Waals surface area (Å²) in [7, 11) is 0.